The standard InChI is InChI=1S/C12H20O3/c1-9(13)15-8-10-11(2,3)6-5-7-12(10,4)14/h5-6,10,14H,7-8H2,1-4H3. The first-order valence-corrected chi connectivity index (χ1v) is 5.29. The lowest BCUT2D eigenvalue weighted by atomic mass is 9.66. The highest BCUT2D eigenvalue weighted by atomic mass is 16.5. The van der Waals surface area contributed by atoms with E-state index in [0.717, 1.165) is 0 Å². The van der Waals surface area contributed by atoms with Gasteiger partial charge in [0.05, 0.1) is 12.2 Å². The molecule has 1 aliphatic carbocycles. The molecule has 0 aromatic carbocycles. The minimum absolute atomic E-state index is 0.0566. The van der Waals surface area contributed by atoms with Crippen LogP contribution in [0.25, 0.3) is 0 Å². The monoisotopic (exact) mass is 212 g/mol. The summed E-state index contributed by atoms with van der Waals surface area (Å²) in [5, 5.41) is 10.2. The molecule has 1 rings (SSSR count). The van der Waals surface area contributed by atoms with Crippen LogP contribution < -0.4 is 0 Å². The minimum Gasteiger partial charge on any atom is -0.465 e. The molecule has 0 amide bonds. The Morgan fingerprint density at radius 3 is 2.60 bits per heavy atom. The number of aliphatic hydroxyl groups is 1. The molecule has 0 saturated carbocycles. The summed E-state index contributed by atoms with van der Waals surface area (Å²) in [6.07, 6.45) is 4.69. The zero-order valence-electron chi connectivity index (χ0n) is 9.91. The Kier molecular flexibility index (Phi) is 3.24. The van der Waals surface area contributed by atoms with Crippen molar-refractivity contribution >= 4 is 5.97 Å². The maximum Gasteiger partial charge on any atom is 0.302 e. The summed E-state index contributed by atoms with van der Waals surface area (Å²) >= 11 is 0. The molecule has 0 spiro atoms. The second-order valence-corrected chi connectivity index (χ2v) is 5.14. The lowest BCUT2D eigenvalue weighted by molar-refractivity contribution is -0.148. The van der Waals surface area contributed by atoms with Gasteiger partial charge in [-0.3, -0.25) is 4.79 Å². The maximum absolute atomic E-state index is 10.8. The second kappa shape index (κ2) is 3.97. The van der Waals surface area contributed by atoms with Gasteiger partial charge < -0.3 is 9.84 Å². The van der Waals surface area contributed by atoms with Crippen LogP contribution in [0.2, 0.25) is 0 Å². The fraction of sp³-hybridized carbons (Fsp3) is 0.750. The van der Waals surface area contributed by atoms with Gasteiger partial charge in [-0.15, -0.1) is 0 Å². The molecular formula is C12H20O3. The average Bonchev–Trinajstić information content (AvgIpc) is 1.99. The number of hydrogen-bond donors (Lipinski definition) is 1. The number of ether oxygens (including phenoxy) is 1. The van der Waals surface area contributed by atoms with Crippen LogP contribution in [-0.2, 0) is 9.53 Å². The van der Waals surface area contributed by atoms with Crippen LogP contribution in [0.15, 0.2) is 12.2 Å². The molecule has 15 heavy (non-hydrogen) atoms. The van der Waals surface area contributed by atoms with E-state index in [-0.39, 0.29) is 23.9 Å². The van der Waals surface area contributed by atoms with E-state index >= 15 is 0 Å². The van der Waals surface area contributed by atoms with Crippen molar-refractivity contribution in [2.45, 2.75) is 39.7 Å². The van der Waals surface area contributed by atoms with Gasteiger partial charge in [-0.1, -0.05) is 26.0 Å². The number of carbonyl (C=O) groups excluding carboxylic acids is 1. The average molecular weight is 212 g/mol. The van der Waals surface area contributed by atoms with Crippen LogP contribution in [0.4, 0.5) is 0 Å². The quantitative estimate of drug-likeness (QED) is 0.561. The Morgan fingerprint density at radius 1 is 1.53 bits per heavy atom. The summed E-state index contributed by atoms with van der Waals surface area (Å²) < 4.78 is 5.02. The number of hydrogen-bond acceptors (Lipinski definition) is 3. The Balaban J connectivity index is 2.80. The predicted molar refractivity (Wildman–Crippen MR) is 58.3 cm³/mol. The highest BCUT2D eigenvalue weighted by molar-refractivity contribution is 5.65. The van der Waals surface area contributed by atoms with Gasteiger partial charge in [0.15, 0.2) is 0 Å². The first-order valence-electron chi connectivity index (χ1n) is 5.29. The molecule has 3 heteroatoms. The molecule has 0 aliphatic heterocycles. The van der Waals surface area contributed by atoms with Crippen LogP contribution in [0.1, 0.15) is 34.1 Å². The number of esters is 1. The molecule has 86 valence electrons. The molecule has 1 aliphatic rings. The van der Waals surface area contributed by atoms with Gasteiger partial charge in [0.25, 0.3) is 0 Å². The van der Waals surface area contributed by atoms with Gasteiger partial charge in [-0.25, -0.2) is 0 Å². The van der Waals surface area contributed by atoms with Crippen LogP contribution in [0.3, 0.4) is 0 Å². The zero-order valence-corrected chi connectivity index (χ0v) is 9.91. The maximum atomic E-state index is 10.8. The van der Waals surface area contributed by atoms with Crippen molar-refractivity contribution in [3.8, 4) is 0 Å². The lowest BCUT2D eigenvalue weighted by Crippen LogP contribution is -2.47. The molecule has 2 atom stereocenters. The van der Waals surface area contributed by atoms with E-state index in [0.29, 0.717) is 6.42 Å². The van der Waals surface area contributed by atoms with Gasteiger partial charge in [0.2, 0.25) is 0 Å². The van der Waals surface area contributed by atoms with E-state index in [1.165, 1.54) is 6.92 Å². The number of carbonyl (C=O) groups is 1. The molecule has 0 aromatic heterocycles. The minimum atomic E-state index is -0.798. The van der Waals surface area contributed by atoms with Crippen molar-refractivity contribution in [3.05, 3.63) is 12.2 Å². The van der Waals surface area contributed by atoms with Crippen molar-refractivity contribution in [3.63, 3.8) is 0 Å². The molecule has 3 nitrogen and oxygen atoms in total. The first-order chi connectivity index (χ1) is 6.76. The molecule has 1 N–H and O–H groups in total. The van der Waals surface area contributed by atoms with Crippen LogP contribution in [-0.4, -0.2) is 23.3 Å². The summed E-state index contributed by atoms with van der Waals surface area (Å²) in [4.78, 5) is 10.8. The van der Waals surface area contributed by atoms with Crippen molar-refractivity contribution < 1.29 is 14.6 Å². The molecule has 2 unspecified atom stereocenters. The molecule has 0 fully saturated rings. The zero-order chi connectivity index (χ0) is 11.7. The van der Waals surface area contributed by atoms with Crippen molar-refractivity contribution in [1.82, 2.24) is 0 Å². The van der Waals surface area contributed by atoms with Crippen LogP contribution in [0, 0.1) is 11.3 Å². The Labute approximate surface area is 91.1 Å². The summed E-state index contributed by atoms with van der Waals surface area (Å²) in [5.41, 5.74) is -0.940. The SMILES string of the molecule is CC(=O)OCC1C(C)(C)C=CCC1(C)O. The highest BCUT2D eigenvalue weighted by Crippen LogP contribution is 2.42. The second-order valence-electron chi connectivity index (χ2n) is 5.14. The van der Waals surface area contributed by atoms with Crippen LogP contribution >= 0.6 is 0 Å². The highest BCUT2D eigenvalue weighted by Gasteiger charge is 2.43. The smallest absolute Gasteiger partial charge is 0.302 e. The fourth-order valence-corrected chi connectivity index (χ4v) is 2.26. The van der Waals surface area contributed by atoms with Crippen molar-refractivity contribution in [2.24, 2.45) is 11.3 Å². The Morgan fingerprint density at radius 2 is 2.13 bits per heavy atom. The van der Waals surface area contributed by atoms with Gasteiger partial charge >= 0.3 is 5.97 Å². The largest absolute Gasteiger partial charge is 0.465 e. The number of allylic oxidation sites excluding steroid dienone is 1. The van der Waals surface area contributed by atoms with E-state index in [9.17, 15) is 9.90 Å². The fourth-order valence-electron chi connectivity index (χ4n) is 2.26. The third-order valence-corrected chi connectivity index (χ3v) is 3.18. The van der Waals surface area contributed by atoms with E-state index in [4.69, 9.17) is 4.74 Å². The van der Waals surface area contributed by atoms with Gasteiger partial charge in [0, 0.05) is 12.8 Å². The first kappa shape index (κ1) is 12.2. The lowest BCUT2D eigenvalue weighted by Gasteiger charge is -2.44. The summed E-state index contributed by atoms with van der Waals surface area (Å²) in [6.45, 7) is 7.56. The van der Waals surface area contributed by atoms with E-state index < -0.39 is 5.60 Å². The number of rotatable bonds is 2. The molecular weight excluding hydrogens is 192 g/mol. The van der Waals surface area contributed by atoms with Gasteiger partial charge in [-0.2, -0.15) is 0 Å². The summed E-state index contributed by atoms with van der Waals surface area (Å²) in [5.74, 6) is -0.352. The Bertz CT molecular complexity index is 277. The predicted octanol–water partition coefficient (Wildman–Crippen LogP) is 1.90. The summed E-state index contributed by atoms with van der Waals surface area (Å²) in [6, 6.07) is 0. The molecule has 0 saturated heterocycles. The van der Waals surface area contributed by atoms with Gasteiger partial charge in [-0.05, 0) is 18.8 Å². The Hall–Kier alpha value is -0.830. The van der Waals surface area contributed by atoms with E-state index in [1.807, 2.05) is 19.9 Å². The van der Waals surface area contributed by atoms with Crippen LogP contribution in [0.5, 0.6) is 0 Å². The topological polar surface area (TPSA) is 46.5 Å². The normalized spacial score (nSPS) is 33.8. The van der Waals surface area contributed by atoms with Crippen molar-refractivity contribution in [2.75, 3.05) is 6.61 Å². The summed E-state index contributed by atoms with van der Waals surface area (Å²) in [7, 11) is 0. The molecule has 0 heterocycles. The molecule has 0 aromatic rings. The third kappa shape index (κ3) is 2.81. The van der Waals surface area contributed by atoms with E-state index in [2.05, 4.69) is 6.08 Å². The molecule has 0 bridgehead atoms. The molecule has 0 radical (unpaired) electrons. The van der Waals surface area contributed by atoms with E-state index in [1.54, 1.807) is 6.92 Å². The third-order valence-electron chi connectivity index (χ3n) is 3.18. The van der Waals surface area contributed by atoms with Gasteiger partial charge in [0.1, 0.15) is 0 Å². The van der Waals surface area contributed by atoms with Crippen molar-refractivity contribution in [1.29, 1.82) is 0 Å².